The number of hydrogen-bond acceptors (Lipinski definition) is 4. The van der Waals surface area contributed by atoms with Crippen molar-refractivity contribution in [3.63, 3.8) is 0 Å². The number of aliphatic hydroxyl groups excluding tert-OH is 1. The fourth-order valence-electron chi connectivity index (χ4n) is 1.28. The van der Waals surface area contributed by atoms with Gasteiger partial charge in [-0.25, -0.2) is 0 Å². The summed E-state index contributed by atoms with van der Waals surface area (Å²) in [5.74, 6) is -0.244. The summed E-state index contributed by atoms with van der Waals surface area (Å²) >= 11 is 0. The normalized spacial score (nSPS) is 14.7. The Morgan fingerprint density at radius 2 is 2.13 bits per heavy atom. The largest absolute Gasteiger partial charge is 0.468 e. The van der Waals surface area contributed by atoms with Crippen molar-refractivity contribution in [2.75, 3.05) is 13.7 Å². The number of ether oxygens (including phenoxy) is 1. The van der Waals surface area contributed by atoms with E-state index in [1.54, 1.807) is 0 Å². The van der Waals surface area contributed by atoms with Gasteiger partial charge in [0, 0.05) is 6.54 Å². The quantitative estimate of drug-likeness (QED) is 0.597. The van der Waals surface area contributed by atoms with E-state index in [1.807, 2.05) is 6.92 Å². The van der Waals surface area contributed by atoms with Crippen molar-refractivity contribution >= 4 is 5.97 Å². The predicted molar refractivity (Wildman–Crippen MR) is 59.6 cm³/mol. The molecule has 0 fully saturated rings. The average Bonchev–Trinajstić information content (AvgIpc) is 2.27. The maximum atomic E-state index is 11.4. The molecular weight excluding hydrogens is 194 g/mol. The summed E-state index contributed by atoms with van der Waals surface area (Å²) in [6.45, 7) is 4.43. The second-order valence-corrected chi connectivity index (χ2v) is 3.69. The molecule has 0 aliphatic heterocycles. The Bertz CT molecular complexity index is 173. The number of esters is 1. The molecule has 0 aliphatic rings. The van der Waals surface area contributed by atoms with Crippen LogP contribution in [0.5, 0.6) is 0 Å². The van der Waals surface area contributed by atoms with Gasteiger partial charge < -0.3 is 15.2 Å². The molecule has 0 aliphatic carbocycles. The third kappa shape index (κ3) is 6.47. The Kier molecular flexibility index (Phi) is 8.33. The molecule has 90 valence electrons. The van der Waals surface area contributed by atoms with Crippen LogP contribution in [0.25, 0.3) is 0 Å². The molecule has 0 saturated heterocycles. The molecule has 0 radical (unpaired) electrons. The van der Waals surface area contributed by atoms with Crippen molar-refractivity contribution in [2.45, 2.75) is 51.7 Å². The van der Waals surface area contributed by atoms with Crippen molar-refractivity contribution in [1.29, 1.82) is 0 Å². The number of hydrogen-bond donors (Lipinski definition) is 2. The van der Waals surface area contributed by atoms with Gasteiger partial charge in [-0.3, -0.25) is 4.79 Å². The molecule has 0 rings (SSSR count). The first kappa shape index (κ1) is 14.4. The van der Waals surface area contributed by atoms with Gasteiger partial charge in [0.05, 0.1) is 13.2 Å². The van der Waals surface area contributed by atoms with Crippen LogP contribution in [0.3, 0.4) is 0 Å². The number of methoxy groups -OCH3 is 1. The maximum Gasteiger partial charge on any atom is 0.322 e. The Morgan fingerprint density at radius 3 is 2.60 bits per heavy atom. The first-order valence-corrected chi connectivity index (χ1v) is 5.64. The smallest absolute Gasteiger partial charge is 0.322 e. The summed E-state index contributed by atoms with van der Waals surface area (Å²) in [4.78, 5) is 11.4. The standard InChI is InChI=1S/C11H23NO3/c1-4-6-7-10(11(14)15-3)12-8-9(13)5-2/h9-10,12-13H,4-8H2,1-3H3. The van der Waals surface area contributed by atoms with Gasteiger partial charge >= 0.3 is 5.97 Å². The molecule has 0 aromatic carbocycles. The van der Waals surface area contributed by atoms with Crippen LogP contribution in [0.2, 0.25) is 0 Å². The van der Waals surface area contributed by atoms with E-state index in [0.29, 0.717) is 13.0 Å². The van der Waals surface area contributed by atoms with Gasteiger partial charge in [0.2, 0.25) is 0 Å². The number of unbranched alkanes of at least 4 members (excludes halogenated alkanes) is 1. The van der Waals surface area contributed by atoms with E-state index < -0.39 is 6.10 Å². The average molecular weight is 217 g/mol. The van der Waals surface area contributed by atoms with E-state index >= 15 is 0 Å². The molecule has 0 heterocycles. The second-order valence-electron chi connectivity index (χ2n) is 3.69. The summed E-state index contributed by atoms with van der Waals surface area (Å²) in [7, 11) is 1.39. The molecule has 4 heteroatoms. The lowest BCUT2D eigenvalue weighted by molar-refractivity contribution is -0.143. The van der Waals surface area contributed by atoms with Gasteiger partial charge in [-0.1, -0.05) is 26.7 Å². The SMILES string of the molecule is CCCCC(NCC(O)CC)C(=O)OC. The van der Waals surface area contributed by atoms with Crippen LogP contribution >= 0.6 is 0 Å². The number of carbonyl (C=O) groups is 1. The highest BCUT2D eigenvalue weighted by molar-refractivity contribution is 5.75. The van der Waals surface area contributed by atoms with Gasteiger partial charge in [-0.15, -0.1) is 0 Å². The van der Waals surface area contributed by atoms with E-state index in [1.165, 1.54) is 7.11 Å². The molecule has 0 bridgehead atoms. The zero-order chi connectivity index (χ0) is 11.7. The molecule has 0 amide bonds. The third-order valence-corrected chi connectivity index (χ3v) is 2.40. The molecule has 4 nitrogen and oxygen atoms in total. The summed E-state index contributed by atoms with van der Waals surface area (Å²) in [5.41, 5.74) is 0. The van der Waals surface area contributed by atoms with Gasteiger partial charge in [0.15, 0.2) is 0 Å². The second kappa shape index (κ2) is 8.68. The van der Waals surface area contributed by atoms with Gasteiger partial charge in [-0.2, -0.15) is 0 Å². The zero-order valence-electron chi connectivity index (χ0n) is 9.95. The van der Waals surface area contributed by atoms with E-state index in [9.17, 15) is 9.90 Å². The minimum absolute atomic E-state index is 0.244. The molecule has 2 N–H and O–H groups in total. The van der Waals surface area contributed by atoms with Crippen molar-refractivity contribution in [3.05, 3.63) is 0 Å². The molecule has 2 atom stereocenters. The maximum absolute atomic E-state index is 11.4. The third-order valence-electron chi connectivity index (χ3n) is 2.40. The molecule has 0 saturated carbocycles. The highest BCUT2D eigenvalue weighted by Crippen LogP contribution is 2.02. The van der Waals surface area contributed by atoms with Crippen LogP contribution in [0.1, 0.15) is 39.5 Å². The van der Waals surface area contributed by atoms with Gasteiger partial charge in [0.1, 0.15) is 6.04 Å². The molecule has 15 heavy (non-hydrogen) atoms. The van der Waals surface area contributed by atoms with Crippen LogP contribution in [-0.2, 0) is 9.53 Å². The fraction of sp³-hybridized carbons (Fsp3) is 0.909. The van der Waals surface area contributed by atoms with E-state index in [4.69, 9.17) is 4.74 Å². The topological polar surface area (TPSA) is 58.6 Å². The number of nitrogens with one attached hydrogen (secondary N) is 1. The van der Waals surface area contributed by atoms with Crippen LogP contribution in [0.4, 0.5) is 0 Å². The lowest BCUT2D eigenvalue weighted by Crippen LogP contribution is -2.41. The minimum Gasteiger partial charge on any atom is -0.468 e. The van der Waals surface area contributed by atoms with Crippen molar-refractivity contribution in [1.82, 2.24) is 5.32 Å². The van der Waals surface area contributed by atoms with Crippen LogP contribution < -0.4 is 5.32 Å². The molecule has 0 aromatic heterocycles. The van der Waals surface area contributed by atoms with Crippen molar-refractivity contribution in [3.8, 4) is 0 Å². The lowest BCUT2D eigenvalue weighted by Gasteiger charge is -2.17. The van der Waals surface area contributed by atoms with Crippen LogP contribution in [-0.4, -0.2) is 36.9 Å². The van der Waals surface area contributed by atoms with Crippen LogP contribution in [0, 0.1) is 0 Å². The predicted octanol–water partition coefficient (Wildman–Crippen LogP) is 1.08. The fourth-order valence-corrected chi connectivity index (χ4v) is 1.28. The van der Waals surface area contributed by atoms with E-state index in [0.717, 1.165) is 19.3 Å². The number of carbonyl (C=O) groups excluding carboxylic acids is 1. The first-order valence-electron chi connectivity index (χ1n) is 5.64. The van der Waals surface area contributed by atoms with Gasteiger partial charge in [0.25, 0.3) is 0 Å². The Balaban J connectivity index is 3.95. The highest BCUT2D eigenvalue weighted by Gasteiger charge is 2.18. The Labute approximate surface area is 92.0 Å². The van der Waals surface area contributed by atoms with Crippen molar-refractivity contribution < 1.29 is 14.6 Å². The van der Waals surface area contributed by atoms with E-state index in [-0.39, 0.29) is 12.0 Å². The first-order chi connectivity index (χ1) is 7.15. The summed E-state index contributed by atoms with van der Waals surface area (Å²) in [5, 5.41) is 12.4. The molecule has 0 spiro atoms. The molecule has 0 aromatic rings. The highest BCUT2D eigenvalue weighted by atomic mass is 16.5. The Hall–Kier alpha value is -0.610. The molecule has 2 unspecified atom stereocenters. The summed E-state index contributed by atoms with van der Waals surface area (Å²) < 4.78 is 4.69. The van der Waals surface area contributed by atoms with Crippen molar-refractivity contribution in [2.24, 2.45) is 0 Å². The zero-order valence-corrected chi connectivity index (χ0v) is 9.95. The van der Waals surface area contributed by atoms with E-state index in [2.05, 4.69) is 12.2 Å². The monoisotopic (exact) mass is 217 g/mol. The summed E-state index contributed by atoms with van der Waals surface area (Å²) in [6, 6.07) is -0.281. The number of aliphatic hydroxyl groups is 1. The Morgan fingerprint density at radius 1 is 1.47 bits per heavy atom. The number of rotatable bonds is 8. The lowest BCUT2D eigenvalue weighted by atomic mass is 10.1. The van der Waals surface area contributed by atoms with Crippen LogP contribution in [0.15, 0.2) is 0 Å². The minimum atomic E-state index is -0.390. The van der Waals surface area contributed by atoms with Gasteiger partial charge in [-0.05, 0) is 12.8 Å². The summed E-state index contributed by atoms with van der Waals surface area (Å²) in [6.07, 6.45) is 3.09. The molecular formula is C11H23NO3.